The van der Waals surface area contributed by atoms with E-state index in [1.807, 2.05) is 12.1 Å². The lowest BCUT2D eigenvalue weighted by molar-refractivity contribution is 0.281. The third-order valence-corrected chi connectivity index (χ3v) is 4.04. The topological polar surface area (TPSA) is 35.5 Å². The van der Waals surface area contributed by atoms with Gasteiger partial charge in [0.2, 0.25) is 0 Å². The first-order chi connectivity index (χ1) is 9.31. The van der Waals surface area contributed by atoms with Crippen molar-refractivity contribution in [1.29, 1.82) is 0 Å². The molecule has 1 aromatic rings. The zero-order chi connectivity index (χ0) is 13.5. The van der Waals surface area contributed by atoms with Crippen LogP contribution in [0.25, 0.3) is 0 Å². The molecule has 0 spiro atoms. The SMILES string of the molecule is CCN1CCCC(NCc2cccc(CO)c2)CC1. The summed E-state index contributed by atoms with van der Waals surface area (Å²) in [6.07, 6.45) is 3.81. The Morgan fingerprint density at radius 1 is 1.26 bits per heavy atom. The zero-order valence-electron chi connectivity index (χ0n) is 11.9. The van der Waals surface area contributed by atoms with Crippen LogP contribution in [-0.4, -0.2) is 35.7 Å². The average molecular weight is 262 g/mol. The van der Waals surface area contributed by atoms with Crippen molar-refractivity contribution in [2.75, 3.05) is 19.6 Å². The Morgan fingerprint density at radius 2 is 2.11 bits per heavy atom. The Morgan fingerprint density at radius 3 is 2.89 bits per heavy atom. The fourth-order valence-electron chi connectivity index (χ4n) is 2.78. The molecule has 2 N–H and O–H groups in total. The fraction of sp³-hybridized carbons (Fsp3) is 0.625. The van der Waals surface area contributed by atoms with E-state index >= 15 is 0 Å². The minimum atomic E-state index is 0.128. The molecule has 0 aliphatic carbocycles. The number of nitrogens with one attached hydrogen (secondary N) is 1. The molecule has 106 valence electrons. The molecule has 2 rings (SSSR count). The molecule has 0 radical (unpaired) electrons. The minimum Gasteiger partial charge on any atom is -0.392 e. The van der Waals surface area contributed by atoms with Gasteiger partial charge >= 0.3 is 0 Å². The number of nitrogens with zero attached hydrogens (tertiary/aromatic N) is 1. The third-order valence-electron chi connectivity index (χ3n) is 4.04. The first-order valence-electron chi connectivity index (χ1n) is 7.46. The fourth-order valence-corrected chi connectivity index (χ4v) is 2.78. The summed E-state index contributed by atoms with van der Waals surface area (Å²) in [5.74, 6) is 0. The van der Waals surface area contributed by atoms with Gasteiger partial charge in [0.15, 0.2) is 0 Å². The summed E-state index contributed by atoms with van der Waals surface area (Å²) < 4.78 is 0. The van der Waals surface area contributed by atoms with Crippen LogP contribution in [-0.2, 0) is 13.2 Å². The monoisotopic (exact) mass is 262 g/mol. The molecule has 1 unspecified atom stereocenters. The van der Waals surface area contributed by atoms with E-state index in [1.54, 1.807) is 0 Å². The molecular formula is C16H26N2O. The van der Waals surface area contributed by atoms with Crippen LogP contribution in [0.4, 0.5) is 0 Å². The molecule has 3 heteroatoms. The first-order valence-corrected chi connectivity index (χ1v) is 7.46. The van der Waals surface area contributed by atoms with Gasteiger partial charge in [-0.25, -0.2) is 0 Å². The summed E-state index contributed by atoms with van der Waals surface area (Å²) in [6, 6.07) is 8.83. The van der Waals surface area contributed by atoms with Crippen LogP contribution in [0.15, 0.2) is 24.3 Å². The number of benzene rings is 1. The molecule has 1 aliphatic heterocycles. The summed E-state index contributed by atoms with van der Waals surface area (Å²) in [5, 5.41) is 12.8. The highest BCUT2D eigenvalue weighted by Crippen LogP contribution is 2.12. The predicted octanol–water partition coefficient (Wildman–Crippen LogP) is 2.14. The molecule has 1 aromatic carbocycles. The maximum absolute atomic E-state index is 9.15. The molecule has 1 fully saturated rings. The maximum Gasteiger partial charge on any atom is 0.0681 e. The molecule has 1 atom stereocenters. The Kier molecular flexibility index (Phi) is 5.83. The number of rotatable bonds is 5. The first kappa shape index (κ1) is 14.5. The number of hydrogen-bond acceptors (Lipinski definition) is 3. The van der Waals surface area contributed by atoms with Gasteiger partial charge in [-0.15, -0.1) is 0 Å². The van der Waals surface area contributed by atoms with Gasteiger partial charge in [0.05, 0.1) is 6.61 Å². The van der Waals surface area contributed by atoms with Crippen molar-refractivity contribution >= 4 is 0 Å². The van der Waals surface area contributed by atoms with E-state index in [2.05, 4.69) is 29.3 Å². The van der Waals surface area contributed by atoms with E-state index in [9.17, 15) is 0 Å². The smallest absolute Gasteiger partial charge is 0.0681 e. The molecule has 19 heavy (non-hydrogen) atoms. The van der Waals surface area contributed by atoms with Crippen molar-refractivity contribution in [3.8, 4) is 0 Å². The van der Waals surface area contributed by atoms with Crippen molar-refractivity contribution in [2.45, 2.75) is 45.4 Å². The second-order valence-corrected chi connectivity index (χ2v) is 5.42. The van der Waals surface area contributed by atoms with Crippen LogP contribution in [0.1, 0.15) is 37.3 Å². The van der Waals surface area contributed by atoms with Crippen LogP contribution in [0, 0.1) is 0 Å². The number of aliphatic hydroxyl groups excluding tert-OH is 1. The van der Waals surface area contributed by atoms with Crippen molar-refractivity contribution in [3.05, 3.63) is 35.4 Å². The van der Waals surface area contributed by atoms with Crippen LogP contribution in [0.3, 0.4) is 0 Å². The lowest BCUT2D eigenvalue weighted by atomic mass is 10.1. The Hall–Kier alpha value is -0.900. The van der Waals surface area contributed by atoms with E-state index in [0.29, 0.717) is 6.04 Å². The van der Waals surface area contributed by atoms with Crippen molar-refractivity contribution in [1.82, 2.24) is 10.2 Å². The normalized spacial score (nSPS) is 21.3. The Balaban J connectivity index is 1.81. The summed E-state index contributed by atoms with van der Waals surface area (Å²) in [7, 11) is 0. The highest BCUT2D eigenvalue weighted by atomic mass is 16.3. The Bertz CT molecular complexity index is 381. The third kappa shape index (κ3) is 4.60. The van der Waals surface area contributed by atoms with Gasteiger partial charge in [-0.3, -0.25) is 0 Å². The predicted molar refractivity (Wildman–Crippen MR) is 79.0 cm³/mol. The quantitative estimate of drug-likeness (QED) is 0.853. The summed E-state index contributed by atoms with van der Waals surface area (Å²) in [4.78, 5) is 2.54. The molecule has 3 nitrogen and oxygen atoms in total. The Labute approximate surface area is 116 Å². The lowest BCUT2D eigenvalue weighted by Crippen LogP contribution is -2.30. The molecule has 0 amide bonds. The minimum absolute atomic E-state index is 0.128. The molecule has 0 bridgehead atoms. The number of aliphatic hydroxyl groups is 1. The second kappa shape index (κ2) is 7.63. The van der Waals surface area contributed by atoms with Crippen molar-refractivity contribution in [3.63, 3.8) is 0 Å². The van der Waals surface area contributed by atoms with Gasteiger partial charge < -0.3 is 15.3 Å². The molecule has 1 saturated heterocycles. The number of hydrogen-bond donors (Lipinski definition) is 2. The molecule has 1 aliphatic rings. The number of likely N-dealkylation sites (tertiary alicyclic amines) is 1. The highest BCUT2D eigenvalue weighted by molar-refractivity contribution is 5.22. The zero-order valence-corrected chi connectivity index (χ0v) is 11.9. The highest BCUT2D eigenvalue weighted by Gasteiger charge is 2.15. The summed E-state index contributed by atoms with van der Waals surface area (Å²) >= 11 is 0. The lowest BCUT2D eigenvalue weighted by Gasteiger charge is -2.18. The average Bonchev–Trinajstić information content (AvgIpc) is 2.70. The van der Waals surface area contributed by atoms with Crippen LogP contribution in [0.2, 0.25) is 0 Å². The van der Waals surface area contributed by atoms with E-state index in [-0.39, 0.29) is 6.61 Å². The van der Waals surface area contributed by atoms with Crippen molar-refractivity contribution < 1.29 is 5.11 Å². The van der Waals surface area contributed by atoms with Crippen molar-refractivity contribution in [2.24, 2.45) is 0 Å². The van der Waals surface area contributed by atoms with Crippen LogP contribution < -0.4 is 5.32 Å². The second-order valence-electron chi connectivity index (χ2n) is 5.42. The largest absolute Gasteiger partial charge is 0.392 e. The van der Waals surface area contributed by atoms with Gasteiger partial charge in [0, 0.05) is 12.6 Å². The van der Waals surface area contributed by atoms with Gasteiger partial charge in [0.1, 0.15) is 0 Å². The molecular weight excluding hydrogens is 236 g/mol. The van der Waals surface area contributed by atoms with E-state index in [4.69, 9.17) is 5.11 Å². The van der Waals surface area contributed by atoms with E-state index < -0.39 is 0 Å². The van der Waals surface area contributed by atoms with Gasteiger partial charge in [-0.05, 0) is 50.0 Å². The van der Waals surface area contributed by atoms with E-state index in [1.165, 1.54) is 44.5 Å². The molecule has 0 aromatic heterocycles. The summed E-state index contributed by atoms with van der Waals surface area (Å²) in [6.45, 7) is 6.91. The standard InChI is InChI=1S/C16H26N2O/c1-2-18-9-4-7-16(8-10-18)17-12-14-5-3-6-15(11-14)13-19/h3,5-6,11,16-17,19H,2,4,7-10,12-13H2,1H3. The van der Waals surface area contributed by atoms with Crippen LogP contribution >= 0.6 is 0 Å². The van der Waals surface area contributed by atoms with Crippen LogP contribution in [0.5, 0.6) is 0 Å². The van der Waals surface area contributed by atoms with Gasteiger partial charge in [0.25, 0.3) is 0 Å². The maximum atomic E-state index is 9.15. The summed E-state index contributed by atoms with van der Waals surface area (Å²) in [5.41, 5.74) is 2.26. The van der Waals surface area contributed by atoms with E-state index in [0.717, 1.165) is 12.1 Å². The van der Waals surface area contributed by atoms with Gasteiger partial charge in [-0.2, -0.15) is 0 Å². The molecule has 1 heterocycles. The molecule has 0 saturated carbocycles. The van der Waals surface area contributed by atoms with Gasteiger partial charge in [-0.1, -0.05) is 31.2 Å².